The number of alkyl halides is 1. The van der Waals surface area contributed by atoms with Crippen LogP contribution in [0.15, 0.2) is 36.4 Å². The molecule has 3 rings (SSSR count). The summed E-state index contributed by atoms with van der Waals surface area (Å²) in [6, 6.07) is 10.4. The second-order valence-corrected chi connectivity index (χ2v) is 6.93. The lowest BCUT2D eigenvalue weighted by Gasteiger charge is -2.34. The number of anilines is 2. The van der Waals surface area contributed by atoms with Crippen molar-refractivity contribution in [3.8, 4) is 5.75 Å². The van der Waals surface area contributed by atoms with Crippen LogP contribution in [0.2, 0.25) is 5.02 Å². The van der Waals surface area contributed by atoms with Crippen molar-refractivity contribution < 1.29 is 18.7 Å². The minimum atomic E-state index is -0.476. The van der Waals surface area contributed by atoms with Gasteiger partial charge in [-0.05, 0) is 23.8 Å². The number of benzene rings is 2. The number of halogens is 2. The summed E-state index contributed by atoms with van der Waals surface area (Å²) in [5.41, 5.74) is 8.07. The van der Waals surface area contributed by atoms with E-state index in [1.165, 1.54) is 19.2 Å². The quantitative estimate of drug-likeness (QED) is 0.720. The molecule has 0 spiro atoms. The third kappa shape index (κ3) is 4.66. The molecule has 0 aromatic heterocycles. The van der Waals surface area contributed by atoms with E-state index in [-0.39, 0.29) is 12.0 Å². The van der Waals surface area contributed by atoms with Crippen LogP contribution in [-0.4, -0.2) is 45.4 Å². The van der Waals surface area contributed by atoms with E-state index in [9.17, 15) is 9.18 Å². The Hall–Kier alpha value is -2.51. The Morgan fingerprint density at radius 3 is 2.82 bits per heavy atom. The van der Waals surface area contributed by atoms with Crippen LogP contribution < -0.4 is 20.7 Å². The molecule has 0 saturated carbocycles. The molecule has 2 aromatic rings. The molecular formula is C20H23ClFN3O3. The minimum Gasteiger partial charge on any atom is -0.496 e. The highest BCUT2D eigenvalue weighted by atomic mass is 35.5. The maximum atomic E-state index is 12.7. The molecule has 1 heterocycles. The fourth-order valence-electron chi connectivity index (χ4n) is 3.09. The Balaban J connectivity index is 1.61. The molecule has 0 radical (unpaired) electrons. The maximum Gasteiger partial charge on any atom is 0.255 e. The van der Waals surface area contributed by atoms with Gasteiger partial charge < -0.3 is 25.4 Å². The van der Waals surface area contributed by atoms with Gasteiger partial charge in [-0.2, -0.15) is 0 Å². The van der Waals surface area contributed by atoms with Crippen molar-refractivity contribution in [1.29, 1.82) is 0 Å². The van der Waals surface area contributed by atoms with Gasteiger partial charge in [0, 0.05) is 31.4 Å². The van der Waals surface area contributed by atoms with Gasteiger partial charge in [-0.3, -0.25) is 4.79 Å². The summed E-state index contributed by atoms with van der Waals surface area (Å²) in [7, 11) is 1.47. The highest BCUT2D eigenvalue weighted by Crippen LogP contribution is 2.28. The van der Waals surface area contributed by atoms with Gasteiger partial charge in [-0.15, -0.1) is 0 Å². The summed E-state index contributed by atoms with van der Waals surface area (Å²) < 4.78 is 23.7. The number of hydrogen-bond donors (Lipinski definition) is 2. The molecule has 1 aliphatic rings. The molecule has 28 heavy (non-hydrogen) atoms. The maximum absolute atomic E-state index is 12.7. The molecule has 6 nitrogen and oxygen atoms in total. The van der Waals surface area contributed by atoms with Crippen molar-refractivity contribution in [2.24, 2.45) is 0 Å². The zero-order valence-electron chi connectivity index (χ0n) is 15.6. The number of nitrogens with one attached hydrogen (secondary N) is 1. The summed E-state index contributed by atoms with van der Waals surface area (Å²) in [5.74, 6) is 0.0466. The number of carbonyl (C=O) groups is 1. The number of amides is 1. The van der Waals surface area contributed by atoms with Crippen molar-refractivity contribution >= 4 is 28.9 Å². The molecule has 1 aliphatic heterocycles. The van der Waals surface area contributed by atoms with Gasteiger partial charge in [0.25, 0.3) is 5.91 Å². The standard InChI is InChI=1S/C20H23ClFN3O3/c1-27-19-9-18(23)17(21)8-16(19)20(26)24-11-15-12-25(6-7-28-15)14-4-2-13(10-22)3-5-14/h2-5,8-9,15H,6-7,10-12,23H2,1H3,(H,24,26). The highest BCUT2D eigenvalue weighted by molar-refractivity contribution is 6.33. The molecule has 1 amide bonds. The molecule has 150 valence electrons. The number of rotatable bonds is 6. The third-order valence-corrected chi connectivity index (χ3v) is 4.98. The first-order valence-corrected chi connectivity index (χ1v) is 9.32. The summed E-state index contributed by atoms with van der Waals surface area (Å²) >= 11 is 6.03. The van der Waals surface area contributed by atoms with Crippen molar-refractivity contribution in [2.45, 2.75) is 12.8 Å². The molecular weight excluding hydrogens is 385 g/mol. The van der Waals surface area contributed by atoms with Gasteiger partial charge in [-0.1, -0.05) is 23.7 Å². The summed E-state index contributed by atoms with van der Waals surface area (Å²) in [6.45, 7) is 1.76. The number of hydrogen-bond acceptors (Lipinski definition) is 5. The number of nitrogens with zero attached hydrogens (tertiary/aromatic N) is 1. The lowest BCUT2D eigenvalue weighted by atomic mass is 10.1. The van der Waals surface area contributed by atoms with Crippen LogP contribution in [-0.2, 0) is 11.4 Å². The van der Waals surface area contributed by atoms with Gasteiger partial charge in [-0.25, -0.2) is 4.39 Å². The fourth-order valence-corrected chi connectivity index (χ4v) is 3.25. The Morgan fingerprint density at radius 2 is 2.14 bits per heavy atom. The molecule has 1 unspecified atom stereocenters. The van der Waals surface area contributed by atoms with Crippen LogP contribution in [0.5, 0.6) is 5.75 Å². The first kappa shape index (κ1) is 20.2. The van der Waals surface area contributed by atoms with E-state index in [0.717, 1.165) is 12.2 Å². The molecule has 1 atom stereocenters. The van der Waals surface area contributed by atoms with Gasteiger partial charge in [0.2, 0.25) is 0 Å². The molecule has 3 N–H and O–H groups in total. The number of ether oxygens (including phenoxy) is 2. The van der Waals surface area contributed by atoms with Crippen LogP contribution in [0, 0.1) is 0 Å². The Bertz CT molecular complexity index is 832. The number of nitrogens with two attached hydrogens (primary N) is 1. The fraction of sp³-hybridized carbons (Fsp3) is 0.350. The highest BCUT2D eigenvalue weighted by Gasteiger charge is 2.22. The van der Waals surface area contributed by atoms with Gasteiger partial charge >= 0.3 is 0 Å². The monoisotopic (exact) mass is 407 g/mol. The number of carbonyl (C=O) groups excluding carboxylic acids is 1. The van der Waals surface area contributed by atoms with Crippen LogP contribution in [0.3, 0.4) is 0 Å². The first-order valence-electron chi connectivity index (χ1n) is 8.94. The average Bonchev–Trinajstić information content (AvgIpc) is 2.73. The third-order valence-electron chi connectivity index (χ3n) is 4.65. The number of morpholine rings is 1. The largest absolute Gasteiger partial charge is 0.496 e. The van der Waals surface area contributed by atoms with Gasteiger partial charge in [0.05, 0.1) is 36.1 Å². The van der Waals surface area contributed by atoms with Crippen molar-refractivity contribution in [1.82, 2.24) is 5.32 Å². The van der Waals surface area contributed by atoms with E-state index in [1.807, 2.05) is 12.1 Å². The average molecular weight is 408 g/mol. The number of methoxy groups -OCH3 is 1. The van der Waals surface area contributed by atoms with Crippen molar-refractivity contribution in [3.63, 3.8) is 0 Å². The van der Waals surface area contributed by atoms with Gasteiger partial charge in [0.1, 0.15) is 12.4 Å². The van der Waals surface area contributed by atoms with Crippen LogP contribution >= 0.6 is 11.6 Å². The summed E-state index contributed by atoms with van der Waals surface area (Å²) in [5, 5.41) is 3.15. The molecule has 0 bridgehead atoms. The SMILES string of the molecule is COc1cc(N)c(Cl)cc1C(=O)NCC1CN(c2ccc(CF)cc2)CCO1. The Kier molecular flexibility index (Phi) is 6.59. The van der Waals surface area contributed by atoms with Crippen LogP contribution in [0.4, 0.5) is 15.8 Å². The van der Waals surface area contributed by atoms with Crippen LogP contribution in [0.25, 0.3) is 0 Å². The zero-order valence-corrected chi connectivity index (χ0v) is 16.3. The predicted octanol–water partition coefficient (Wildman–Crippen LogP) is 3.04. The van der Waals surface area contributed by atoms with E-state index >= 15 is 0 Å². The second kappa shape index (κ2) is 9.12. The van der Waals surface area contributed by atoms with Crippen LogP contribution in [0.1, 0.15) is 15.9 Å². The molecule has 1 fully saturated rings. The molecule has 2 aromatic carbocycles. The minimum absolute atomic E-state index is 0.172. The van der Waals surface area contributed by atoms with Crippen molar-refractivity contribution in [3.05, 3.63) is 52.5 Å². The van der Waals surface area contributed by atoms with E-state index in [1.54, 1.807) is 12.1 Å². The van der Waals surface area contributed by atoms with E-state index in [0.29, 0.717) is 47.3 Å². The first-order chi connectivity index (χ1) is 13.5. The lowest BCUT2D eigenvalue weighted by molar-refractivity contribution is 0.0396. The van der Waals surface area contributed by atoms with Gasteiger partial charge in [0.15, 0.2) is 0 Å². The predicted molar refractivity (Wildman–Crippen MR) is 108 cm³/mol. The molecule has 1 saturated heterocycles. The summed E-state index contributed by atoms with van der Waals surface area (Å²) in [4.78, 5) is 14.7. The molecule has 8 heteroatoms. The van der Waals surface area contributed by atoms with Crippen molar-refractivity contribution in [2.75, 3.05) is 44.0 Å². The lowest BCUT2D eigenvalue weighted by Crippen LogP contribution is -2.47. The number of nitrogen functional groups attached to an aromatic ring is 1. The second-order valence-electron chi connectivity index (χ2n) is 6.52. The van der Waals surface area contributed by atoms with E-state index in [2.05, 4.69) is 10.2 Å². The zero-order chi connectivity index (χ0) is 20.1. The Labute approximate surface area is 168 Å². The summed E-state index contributed by atoms with van der Waals surface area (Å²) in [6.07, 6.45) is -0.172. The van der Waals surface area contributed by atoms with E-state index in [4.69, 9.17) is 26.8 Å². The smallest absolute Gasteiger partial charge is 0.255 e. The topological polar surface area (TPSA) is 76.8 Å². The molecule has 0 aliphatic carbocycles. The Morgan fingerprint density at radius 1 is 1.39 bits per heavy atom. The normalized spacial score (nSPS) is 16.7. The van der Waals surface area contributed by atoms with E-state index < -0.39 is 6.67 Å².